The van der Waals surface area contributed by atoms with Gasteiger partial charge in [-0.1, -0.05) is 0 Å². The molecular formula is C12H19BrN2S. The van der Waals surface area contributed by atoms with Crippen LogP contribution in [-0.4, -0.2) is 31.6 Å². The van der Waals surface area contributed by atoms with Crippen molar-refractivity contribution >= 4 is 27.3 Å². The van der Waals surface area contributed by atoms with E-state index in [0.717, 1.165) is 12.5 Å². The molecule has 0 radical (unpaired) electrons. The zero-order valence-corrected chi connectivity index (χ0v) is 12.1. The molecule has 2 heterocycles. The zero-order valence-electron chi connectivity index (χ0n) is 9.71. The van der Waals surface area contributed by atoms with E-state index in [-0.39, 0.29) is 0 Å². The van der Waals surface area contributed by atoms with E-state index in [1.165, 1.54) is 41.8 Å². The van der Waals surface area contributed by atoms with Crippen LogP contribution in [0.25, 0.3) is 0 Å². The average molecular weight is 303 g/mol. The molecule has 1 fully saturated rings. The van der Waals surface area contributed by atoms with E-state index in [1.54, 1.807) is 11.3 Å². The first kappa shape index (κ1) is 12.6. The van der Waals surface area contributed by atoms with Crippen molar-refractivity contribution in [3.63, 3.8) is 0 Å². The van der Waals surface area contributed by atoms with Crippen molar-refractivity contribution in [3.05, 3.63) is 20.8 Å². The molecule has 0 aromatic carbocycles. The van der Waals surface area contributed by atoms with Gasteiger partial charge in [0, 0.05) is 13.1 Å². The molecule has 0 spiro atoms. The second-order valence-corrected chi connectivity index (χ2v) is 6.96. The Morgan fingerprint density at radius 2 is 2.50 bits per heavy atom. The Hall–Kier alpha value is 0.1000. The molecule has 1 saturated heterocycles. The third-order valence-electron chi connectivity index (χ3n) is 3.04. The summed E-state index contributed by atoms with van der Waals surface area (Å²) in [5.74, 6) is 0.834. The van der Waals surface area contributed by atoms with Gasteiger partial charge in [0.05, 0.1) is 3.79 Å². The summed E-state index contributed by atoms with van der Waals surface area (Å²) < 4.78 is 1.23. The zero-order chi connectivity index (χ0) is 11.4. The molecular weight excluding hydrogens is 284 g/mol. The van der Waals surface area contributed by atoms with E-state index in [4.69, 9.17) is 0 Å². The molecule has 0 bridgehead atoms. The van der Waals surface area contributed by atoms with E-state index in [0.29, 0.717) is 0 Å². The molecule has 2 rings (SSSR count). The van der Waals surface area contributed by atoms with E-state index >= 15 is 0 Å². The quantitative estimate of drug-likeness (QED) is 0.920. The second kappa shape index (κ2) is 6.15. The van der Waals surface area contributed by atoms with Crippen LogP contribution in [0, 0.1) is 5.92 Å². The largest absolute Gasteiger partial charge is 0.316 e. The van der Waals surface area contributed by atoms with Gasteiger partial charge in [0.1, 0.15) is 0 Å². The van der Waals surface area contributed by atoms with Crippen molar-refractivity contribution in [2.24, 2.45) is 5.92 Å². The maximum Gasteiger partial charge on any atom is 0.0701 e. The van der Waals surface area contributed by atoms with Gasteiger partial charge in [0.25, 0.3) is 0 Å². The summed E-state index contributed by atoms with van der Waals surface area (Å²) >= 11 is 5.28. The van der Waals surface area contributed by atoms with Gasteiger partial charge in [0.2, 0.25) is 0 Å². The highest BCUT2D eigenvalue weighted by molar-refractivity contribution is 9.11. The van der Waals surface area contributed by atoms with Gasteiger partial charge in [-0.25, -0.2) is 0 Å². The summed E-state index contributed by atoms with van der Waals surface area (Å²) in [5.41, 5.74) is 1.42. The smallest absolute Gasteiger partial charge is 0.0701 e. The maximum absolute atomic E-state index is 3.51. The number of hydrogen-bond donors (Lipinski definition) is 1. The van der Waals surface area contributed by atoms with Crippen LogP contribution < -0.4 is 5.32 Å². The number of nitrogens with zero attached hydrogens (tertiary/aromatic N) is 1. The highest BCUT2D eigenvalue weighted by Crippen LogP contribution is 2.22. The van der Waals surface area contributed by atoms with Crippen LogP contribution >= 0.6 is 27.3 Å². The van der Waals surface area contributed by atoms with E-state index in [2.05, 4.69) is 44.6 Å². The van der Waals surface area contributed by atoms with Crippen molar-refractivity contribution in [2.75, 3.05) is 26.7 Å². The minimum atomic E-state index is 0.834. The van der Waals surface area contributed by atoms with Crippen LogP contribution in [0.2, 0.25) is 0 Å². The van der Waals surface area contributed by atoms with Crippen LogP contribution in [0.15, 0.2) is 15.2 Å². The number of halogens is 1. The van der Waals surface area contributed by atoms with E-state index in [1.807, 2.05) is 0 Å². The first-order chi connectivity index (χ1) is 7.74. The van der Waals surface area contributed by atoms with Gasteiger partial charge >= 0.3 is 0 Å². The van der Waals surface area contributed by atoms with Crippen molar-refractivity contribution < 1.29 is 0 Å². The molecule has 1 aliphatic heterocycles. The van der Waals surface area contributed by atoms with Gasteiger partial charge in [0.15, 0.2) is 0 Å². The Kier molecular flexibility index (Phi) is 4.82. The third kappa shape index (κ3) is 3.84. The first-order valence-electron chi connectivity index (χ1n) is 5.86. The first-order valence-corrected chi connectivity index (χ1v) is 7.53. The SMILES string of the molecule is CN(Cc1csc(Br)c1)CC1CCCNC1. The highest BCUT2D eigenvalue weighted by Gasteiger charge is 2.15. The molecule has 4 heteroatoms. The molecule has 1 N–H and O–H groups in total. The van der Waals surface area contributed by atoms with Gasteiger partial charge in [-0.3, -0.25) is 0 Å². The normalized spacial score (nSPS) is 21.6. The summed E-state index contributed by atoms with van der Waals surface area (Å²) in [6.45, 7) is 4.68. The fourth-order valence-corrected chi connectivity index (χ4v) is 3.53. The van der Waals surface area contributed by atoms with Gasteiger partial charge < -0.3 is 10.2 Å². The molecule has 2 nitrogen and oxygen atoms in total. The number of hydrogen-bond acceptors (Lipinski definition) is 3. The molecule has 0 amide bonds. The molecule has 0 aliphatic carbocycles. The molecule has 1 aromatic heterocycles. The monoisotopic (exact) mass is 302 g/mol. The third-order valence-corrected chi connectivity index (χ3v) is 4.60. The number of piperidine rings is 1. The Balaban J connectivity index is 1.77. The Labute approximate surface area is 110 Å². The second-order valence-electron chi connectivity index (χ2n) is 4.67. The minimum absolute atomic E-state index is 0.834. The summed E-state index contributed by atoms with van der Waals surface area (Å²) in [4.78, 5) is 2.44. The van der Waals surface area contributed by atoms with Gasteiger partial charge in [-0.2, -0.15) is 0 Å². The van der Waals surface area contributed by atoms with E-state index in [9.17, 15) is 0 Å². The van der Waals surface area contributed by atoms with Crippen LogP contribution in [0.5, 0.6) is 0 Å². The van der Waals surface area contributed by atoms with Crippen molar-refractivity contribution in [3.8, 4) is 0 Å². The van der Waals surface area contributed by atoms with Gasteiger partial charge in [-0.05, 0) is 71.8 Å². The molecule has 1 aromatic rings. The van der Waals surface area contributed by atoms with Crippen LogP contribution in [0.1, 0.15) is 18.4 Å². The maximum atomic E-state index is 3.51. The lowest BCUT2D eigenvalue weighted by Crippen LogP contribution is -2.36. The topological polar surface area (TPSA) is 15.3 Å². The number of thiophene rings is 1. The lowest BCUT2D eigenvalue weighted by molar-refractivity contribution is 0.238. The highest BCUT2D eigenvalue weighted by atomic mass is 79.9. The molecule has 1 aliphatic rings. The number of rotatable bonds is 4. The summed E-state index contributed by atoms with van der Waals surface area (Å²) in [6, 6.07) is 2.22. The van der Waals surface area contributed by atoms with Crippen molar-refractivity contribution in [1.82, 2.24) is 10.2 Å². The summed E-state index contributed by atoms with van der Waals surface area (Å²) in [5, 5.41) is 5.71. The molecule has 1 unspecified atom stereocenters. The lowest BCUT2D eigenvalue weighted by atomic mass is 9.99. The fourth-order valence-electron chi connectivity index (χ4n) is 2.33. The Morgan fingerprint density at radius 1 is 1.62 bits per heavy atom. The van der Waals surface area contributed by atoms with Gasteiger partial charge in [-0.15, -0.1) is 11.3 Å². The molecule has 90 valence electrons. The predicted molar refractivity (Wildman–Crippen MR) is 73.9 cm³/mol. The van der Waals surface area contributed by atoms with Crippen molar-refractivity contribution in [2.45, 2.75) is 19.4 Å². The van der Waals surface area contributed by atoms with Crippen molar-refractivity contribution in [1.29, 1.82) is 0 Å². The van der Waals surface area contributed by atoms with Crippen LogP contribution in [-0.2, 0) is 6.54 Å². The van der Waals surface area contributed by atoms with E-state index < -0.39 is 0 Å². The standard InChI is InChI=1S/C12H19BrN2S/c1-15(7-10-3-2-4-14-6-10)8-11-5-12(13)16-9-11/h5,9-10,14H,2-4,6-8H2,1H3. The van der Waals surface area contributed by atoms with Crippen LogP contribution in [0.4, 0.5) is 0 Å². The Bertz CT molecular complexity index is 321. The number of nitrogens with one attached hydrogen (secondary N) is 1. The lowest BCUT2D eigenvalue weighted by Gasteiger charge is -2.27. The molecule has 0 saturated carbocycles. The average Bonchev–Trinajstić information content (AvgIpc) is 2.65. The van der Waals surface area contributed by atoms with Crippen LogP contribution in [0.3, 0.4) is 0 Å². The minimum Gasteiger partial charge on any atom is -0.316 e. The molecule has 16 heavy (non-hydrogen) atoms. The Morgan fingerprint density at radius 3 is 3.12 bits per heavy atom. The molecule has 1 atom stereocenters. The summed E-state index contributed by atoms with van der Waals surface area (Å²) in [7, 11) is 2.22. The fraction of sp³-hybridized carbons (Fsp3) is 0.667. The predicted octanol–water partition coefficient (Wildman–Crippen LogP) is 2.94. The summed E-state index contributed by atoms with van der Waals surface area (Å²) in [6.07, 6.45) is 2.72.